The fourth-order valence-corrected chi connectivity index (χ4v) is 2.57. The number of hydrogen-bond donors (Lipinski definition) is 1. The summed E-state index contributed by atoms with van der Waals surface area (Å²) < 4.78 is 0. The molecule has 2 heteroatoms. The number of hydrogen-bond acceptors (Lipinski definition) is 2. The standard InChI is InChI=1S/C15H24N2/c1-3-10-17-11-8-14(9-12-17)16-15-7-5-4-6-13(15)2/h4-7,14,16H,3,8-12H2,1-2H3. The Labute approximate surface area is 105 Å². The zero-order valence-corrected chi connectivity index (χ0v) is 11.1. The predicted molar refractivity (Wildman–Crippen MR) is 74.6 cm³/mol. The zero-order valence-electron chi connectivity index (χ0n) is 11.1. The normalized spacial score (nSPS) is 18.2. The third-order valence-corrected chi connectivity index (χ3v) is 3.63. The van der Waals surface area contributed by atoms with Crippen LogP contribution in [0.15, 0.2) is 24.3 Å². The van der Waals surface area contributed by atoms with Crippen LogP contribution in [0.3, 0.4) is 0 Å². The molecule has 1 saturated heterocycles. The average molecular weight is 232 g/mol. The molecule has 2 rings (SSSR count). The number of piperidine rings is 1. The Morgan fingerprint density at radius 3 is 2.59 bits per heavy atom. The summed E-state index contributed by atoms with van der Waals surface area (Å²) in [4.78, 5) is 2.58. The molecule has 1 aliphatic heterocycles. The molecule has 1 fully saturated rings. The number of likely N-dealkylation sites (tertiary alicyclic amines) is 1. The Balaban J connectivity index is 1.84. The van der Waals surface area contributed by atoms with Gasteiger partial charge in [-0.3, -0.25) is 0 Å². The van der Waals surface area contributed by atoms with Crippen LogP contribution in [0, 0.1) is 6.92 Å². The van der Waals surface area contributed by atoms with Gasteiger partial charge in [-0.1, -0.05) is 25.1 Å². The number of nitrogens with one attached hydrogen (secondary N) is 1. The maximum Gasteiger partial charge on any atom is 0.0372 e. The molecule has 0 bridgehead atoms. The van der Waals surface area contributed by atoms with E-state index >= 15 is 0 Å². The van der Waals surface area contributed by atoms with Crippen LogP contribution < -0.4 is 5.32 Å². The Morgan fingerprint density at radius 2 is 1.94 bits per heavy atom. The lowest BCUT2D eigenvalue weighted by molar-refractivity contribution is 0.219. The molecule has 0 radical (unpaired) electrons. The highest BCUT2D eigenvalue weighted by Gasteiger charge is 2.18. The van der Waals surface area contributed by atoms with Gasteiger partial charge in [-0.25, -0.2) is 0 Å². The second kappa shape index (κ2) is 6.06. The second-order valence-corrected chi connectivity index (χ2v) is 5.08. The van der Waals surface area contributed by atoms with Gasteiger partial charge in [-0.15, -0.1) is 0 Å². The molecule has 2 nitrogen and oxygen atoms in total. The van der Waals surface area contributed by atoms with E-state index in [4.69, 9.17) is 0 Å². The predicted octanol–water partition coefficient (Wildman–Crippen LogP) is 3.28. The summed E-state index contributed by atoms with van der Waals surface area (Å²) in [6.45, 7) is 8.19. The topological polar surface area (TPSA) is 15.3 Å². The molecule has 17 heavy (non-hydrogen) atoms. The molecule has 0 saturated carbocycles. The van der Waals surface area contributed by atoms with Gasteiger partial charge in [0.15, 0.2) is 0 Å². The first-order valence-electron chi connectivity index (χ1n) is 6.84. The zero-order chi connectivity index (χ0) is 12.1. The van der Waals surface area contributed by atoms with Crippen LogP contribution in [0.1, 0.15) is 31.7 Å². The number of rotatable bonds is 4. The van der Waals surface area contributed by atoms with Gasteiger partial charge in [0.05, 0.1) is 0 Å². The van der Waals surface area contributed by atoms with Gasteiger partial charge in [0.25, 0.3) is 0 Å². The monoisotopic (exact) mass is 232 g/mol. The lowest BCUT2D eigenvalue weighted by Gasteiger charge is -2.32. The maximum absolute atomic E-state index is 3.69. The summed E-state index contributed by atoms with van der Waals surface area (Å²) in [5.74, 6) is 0. The van der Waals surface area contributed by atoms with Crippen molar-refractivity contribution in [3.8, 4) is 0 Å². The average Bonchev–Trinajstić information content (AvgIpc) is 2.35. The highest BCUT2D eigenvalue weighted by atomic mass is 15.1. The van der Waals surface area contributed by atoms with E-state index in [-0.39, 0.29) is 0 Å². The fourth-order valence-electron chi connectivity index (χ4n) is 2.57. The van der Waals surface area contributed by atoms with E-state index in [1.807, 2.05) is 0 Å². The Kier molecular flexibility index (Phi) is 4.43. The number of benzene rings is 1. The molecule has 1 aromatic carbocycles. The van der Waals surface area contributed by atoms with Crippen LogP contribution in [-0.2, 0) is 0 Å². The van der Waals surface area contributed by atoms with E-state index in [1.54, 1.807) is 0 Å². The molecule has 94 valence electrons. The molecule has 0 atom stereocenters. The first-order chi connectivity index (χ1) is 8.29. The van der Waals surface area contributed by atoms with Crippen LogP contribution >= 0.6 is 0 Å². The van der Waals surface area contributed by atoms with Gasteiger partial charge in [0.2, 0.25) is 0 Å². The van der Waals surface area contributed by atoms with E-state index < -0.39 is 0 Å². The molecular weight excluding hydrogens is 208 g/mol. The largest absolute Gasteiger partial charge is 0.382 e. The van der Waals surface area contributed by atoms with Gasteiger partial charge in [-0.2, -0.15) is 0 Å². The van der Waals surface area contributed by atoms with Crippen LogP contribution in [0.25, 0.3) is 0 Å². The Bertz CT molecular complexity index is 341. The van der Waals surface area contributed by atoms with Crippen LogP contribution in [0.4, 0.5) is 5.69 Å². The number of para-hydroxylation sites is 1. The van der Waals surface area contributed by atoms with Crippen LogP contribution in [0.2, 0.25) is 0 Å². The Hall–Kier alpha value is -1.02. The smallest absolute Gasteiger partial charge is 0.0372 e. The molecule has 0 unspecified atom stereocenters. The third kappa shape index (κ3) is 3.47. The van der Waals surface area contributed by atoms with Crippen LogP contribution in [-0.4, -0.2) is 30.6 Å². The number of nitrogens with zero attached hydrogens (tertiary/aromatic N) is 1. The first kappa shape index (κ1) is 12.4. The van der Waals surface area contributed by atoms with Crippen molar-refractivity contribution in [2.24, 2.45) is 0 Å². The van der Waals surface area contributed by atoms with E-state index in [1.165, 1.54) is 50.1 Å². The number of aryl methyl sites for hydroxylation is 1. The minimum Gasteiger partial charge on any atom is -0.382 e. The summed E-state index contributed by atoms with van der Waals surface area (Å²) in [5, 5.41) is 3.69. The van der Waals surface area contributed by atoms with Gasteiger partial charge >= 0.3 is 0 Å². The summed E-state index contributed by atoms with van der Waals surface area (Å²) in [7, 11) is 0. The third-order valence-electron chi connectivity index (χ3n) is 3.63. The molecule has 1 aromatic rings. The highest BCUT2D eigenvalue weighted by molar-refractivity contribution is 5.50. The quantitative estimate of drug-likeness (QED) is 0.857. The van der Waals surface area contributed by atoms with Crippen molar-refractivity contribution in [3.05, 3.63) is 29.8 Å². The molecule has 1 heterocycles. The van der Waals surface area contributed by atoms with E-state index in [0.29, 0.717) is 6.04 Å². The maximum atomic E-state index is 3.69. The highest BCUT2D eigenvalue weighted by Crippen LogP contribution is 2.19. The molecule has 0 spiro atoms. The SMILES string of the molecule is CCCN1CCC(Nc2ccccc2C)CC1. The van der Waals surface area contributed by atoms with Gasteiger partial charge in [-0.05, 0) is 44.4 Å². The molecule has 1 aliphatic rings. The fraction of sp³-hybridized carbons (Fsp3) is 0.600. The van der Waals surface area contributed by atoms with Crippen molar-refractivity contribution in [3.63, 3.8) is 0 Å². The molecule has 1 N–H and O–H groups in total. The van der Waals surface area contributed by atoms with Gasteiger partial charge < -0.3 is 10.2 Å². The Morgan fingerprint density at radius 1 is 1.24 bits per heavy atom. The molecule has 0 amide bonds. The summed E-state index contributed by atoms with van der Waals surface area (Å²) in [6, 6.07) is 9.23. The van der Waals surface area contributed by atoms with Crippen molar-refractivity contribution >= 4 is 5.69 Å². The summed E-state index contributed by atoms with van der Waals surface area (Å²) in [6.07, 6.45) is 3.82. The van der Waals surface area contributed by atoms with Crippen molar-refractivity contribution in [2.45, 2.75) is 39.2 Å². The first-order valence-corrected chi connectivity index (χ1v) is 6.84. The summed E-state index contributed by atoms with van der Waals surface area (Å²) >= 11 is 0. The summed E-state index contributed by atoms with van der Waals surface area (Å²) in [5.41, 5.74) is 2.66. The molecular formula is C15H24N2. The van der Waals surface area contributed by atoms with Crippen molar-refractivity contribution in [2.75, 3.05) is 25.0 Å². The van der Waals surface area contributed by atoms with E-state index in [9.17, 15) is 0 Å². The van der Waals surface area contributed by atoms with E-state index in [0.717, 1.165) is 0 Å². The van der Waals surface area contributed by atoms with Crippen LogP contribution in [0.5, 0.6) is 0 Å². The lowest BCUT2D eigenvalue weighted by atomic mass is 10.0. The van der Waals surface area contributed by atoms with Crippen molar-refractivity contribution in [1.82, 2.24) is 4.90 Å². The van der Waals surface area contributed by atoms with Crippen molar-refractivity contribution in [1.29, 1.82) is 0 Å². The number of anilines is 1. The van der Waals surface area contributed by atoms with Gasteiger partial charge in [0, 0.05) is 24.8 Å². The van der Waals surface area contributed by atoms with Gasteiger partial charge in [0.1, 0.15) is 0 Å². The second-order valence-electron chi connectivity index (χ2n) is 5.08. The molecule has 0 aromatic heterocycles. The van der Waals surface area contributed by atoms with E-state index in [2.05, 4.69) is 48.3 Å². The molecule has 0 aliphatic carbocycles. The minimum atomic E-state index is 0.657. The van der Waals surface area contributed by atoms with Crippen molar-refractivity contribution < 1.29 is 0 Å². The lowest BCUT2D eigenvalue weighted by Crippen LogP contribution is -2.39. The minimum absolute atomic E-state index is 0.657.